The summed E-state index contributed by atoms with van der Waals surface area (Å²) in [6.07, 6.45) is 5.61. The van der Waals surface area contributed by atoms with Crippen LogP contribution >= 0.6 is 0 Å². The molecule has 0 spiro atoms. The van der Waals surface area contributed by atoms with Crippen LogP contribution in [-0.4, -0.2) is 32.5 Å². The van der Waals surface area contributed by atoms with Gasteiger partial charge in [0, 0.05) is 6.04 Å². The summed E-state index contributed by atoms with van der Waals surface area (Å²) in [4.78, 5) is 0. The smallest absolute Gasteiger partial charge is 0.150 e. The van der Waals surface area contributed by atoms with Gasteiger partial charge >= 0.3 is 0 Å². The predicted molar refractivity (Wildman–Crippen MR) is 70.8 cm³/mol. The maximum Gasteiger partial charge on any atom is 0.150 e. The fourth-order valence-corrected chi connectivity index (χ4v) is 4.75. The van der Waals surface area contributed by atoms with Gasteiger partial charge in [0.15, 0.2) is 0 Å². The summed E-state index contributed by atoms with van der Waals surface area (Å²) in [6.45, 7) is 5.68. The Bertz CT molecular complexity index is 348. The van der Waals surface area contributed by atoms with Crippen LogP contribution in [0.15, 0.2) is 0 Å². The Morgan fingerprint density at radius 1 is 1.18 bits per heavy atom. The Labute approximate surface area is 105 Å². The van der Waals surface area contributed by atoms with Gasteiger partial charge in [-0.15, -0.1) is 0 Å². The summed E-state index contributed by atoms with van der Waals surface area (Å²) >= 11 is 0. The molecule has 1 saturated heterocycles. The molecule has 1 saturated carbocycles. The molecule has 4 heteroatoms. The van der Waals surface area contributed by atoms with Crippen molar-refractivity contribution in [2.24, 2.45) is 11.3 Å². The van der Waals surface area contributed by atoms with Crippen molar-refractivity contribution < 1.29 is 8.42 Å². The van der Waals surface area contributed by atoms with Gasteiger partial charge in [-0.25, -0.2) is 8.42 Å². The Hall–Kier alpha value is -0.0900. The Balaban J connectivity index is 1.76. The average molecular weight is 259 g/mol. The van der Waals surface area contributed by atoms with Crippen molar-refractivity contribution in [1.82, 2.24) is 5.32 Å². The van der Waals surface area contributed by atoms with Crippen molar-refractivity contribution in [3.63, 3.8) is 0 Å². The molecule has 2 rings (SSSR count). The van der Waals surface area contributed by atoms with Gasteiger partial charge in [-0.3, -0.25) is 0 Å². The highest BCUT2D eigenvalue weighted by atomic mass is 32.2. The molecule has 100 valence electrons. The first kappa shape index (κ1) is 13.3. The van der Waals surface area contributed by atoms with Crippen LogP contribution in [0, 0.1) is 11.3 Å². The molecule has 17 heavy (non-hydrogen) atoms. The molecule has 0 amide bonds. The van der Waals surface area contributed by atoms with Crippen molar-refractivity contribution in [1.29, 1.82) is 0 Å². The van der Waals surface area contributed by atoms with E-state index in [2.05, 4.69) is 19.2 Å². The van der Waals surface area contributed by atoms with E-state index in [9.17, 15) is 8.42 Å². The third-order valence-electron chi connectivity index (χ3n) is 4.58. The number of rotatable bonds is 3. The standard InChI is InChI=1S/C13H25NO2S/c1-13(2)7-3-4-12(13)14-10-11-5-8-17(15,16)9-6-11/h11-12,14H,3-10H2,1-2H3/t12-/m1/s1. The summed E-state index contributed by atoms with van der Waals surface area (Å²) in [5.41, 5.74) is 0.417. The lowest BCUT2D eigenvalue weighted by Gasteiger charge is -2.30. The van der Waals surface area contributed by atoms with Crippen LogP contribution in [0.25, 0.3) is 0 Å². The van der Waals surface area contributed by atoms with Crippen LogP contribution in [-0.2, 0) is 9.84 Å². The summed E-state index contributed by atoms with van der Waals surface area (Å²) in [5.74, 6) is 1.36. The highest BCUT2D eigenvalue weighted by Crippen LogP contribution is 2.37. The van der Waals surface area contributed by atoms with Gasteiger partial charge in [0.05, 0.1) is 11.5 Å². The van der Waals surface area contributed by atoms with Crippen LogP contribution in [0.1, 0.15) is 46.0 Å². The highest BCUT2D eigenvalue weighted by Gasteiger charge is 2.34. The monoisotopic (exact) mass is 259 g/mol. The van der Waals surface area contributed by atoms with Crippen molar-refractivity contribution in [3.05, 3.63) is 0 Å². The summed E-state index contributed by atoms with van der Waals surface area (Å²) < 4.78 is 22.7. The zero-order valence-corrected chi connectivity index (χ0v) is 11.9. The minimum absolute atomic E-state index is 0.396. The second kappa shape index (κ2) is 4.88. The SMILES string of the molecule is CC1(C)CCC[C@H]1NCC1CCS(=O)(=O)CC1. The van der Waals surface area contributed by atoms with Gasteiger partial charge in [-0.1, -0.05) is 20.3 Å². The molecule has 0 bridgehead atoms. The second-order valence-electron chi connectivity index (χ2n) is 6.44. The zero-order chi connectivity index (χ0) is 12.5. The van der Waals surface area contributed by atoms with E-state index in [1.165, 1.54) is 19.3 Å². The lowest BCUT2D eigenvalue weighted by atomic mass is 9.87. The molecule has 0 aromatic carbocycles. The molecule has 0 aromatic heterocycles. The quantitative estimate of drug-likeness (QED) is 0.843. The molecular weight excluding hydrogens is 234 g/mol. The predicted octanol–water partition coefficient (Wildman–Crippen LogP) is 1.98. The molecule has 1 aliphatic carbocycles. The molecule has 1 N–H and O–H groups in total. The normalized spacial score (nSPS) is 32.7. The van der Waals surface area contributed by atoms with E-state index in [1.807, 2.05) is 0 Å². The zero-order valence-electron chi connectivity index (χ0n) is 11.0. The van der Waals surface area contributed by atoms with Crippen LogP contribution in [0.2, 0.25) is 0 Å². The Morgan fingerprint density at radius 3 is 2.35 bits per heavy atom. The number of sulfone groups is 1. The van der Waals surface area contributed by atoms with Gasteiger partial charge in [-0.05, 0) is 43.6 Å². The summed E-state index contributed by atoms with van der Waals surface area (Å²) in [5, 5.41) is 3.67. The number of nitrogens with one attached hydrogen (secondary N) is 1. The first-order valence-electron chi connectivity index (χ1n) is 6.83. The van der Waals surface area contributed by atoms with Gasteiger partial charge in [-0.2, -0.15) is 0 Å². The van der Waals surface area contributed by atoms with Gasteiger partial charge in [0.2, 0.25) is 0 Å². The molecular formula is C13H25NO2S. The fourth-order valence-electron chi connectivity index (χ4n) is 3.16. The topological polar surface area (TPSA) is 46.2 Å². The van der Waals surface area contributed by atoms with Crippen molar-refractivity contribution in [2.45, 2.75) is 52.0 Å². The van der Waals surface area contributed by atoms with E-state index >= 15 is 0 Å². The third-order valence-corrected chi connectivity index (χ3v) is 6.30. The maximum absolute atomic E-state index is 11.3. The lowest BCUT2D eigenvalue weighted by Crippen LogP contribution is -2.41. The molecule has 3 nitrogen and oxygen atoms in total. The van der Waals surface area contributed by atoms with Crippen LogP contribution in [0.3, 0.4) is 0 Å². The van der Waals surface area contributed by atoms with E-state index in [0.29, 0.717) is 28.9 Å². The van der Waals surface area contributed by atoms with Crippen molar-refractivity contribution in [3.8, 4) is 0 Å². The maximum atomic E-state index is 11.3. The van der Waals surface area contributed by atoms with Gasteiger partial charge in [0.25, 0.3) is 0 Å². The fraction of sp³-hybridized carbons (Fsp3) is 1.00. The second-order valence-corrected chi connectivity index (χ2v) is 8.74. The van der Waals surface area contributed by atoms with Gasteiger partial charge < -0.3 is 5.32 Å². The van der Waals surface area contributed by atoms with Crippen LogP contribution < -0.4 is 5.32 Å². The van der Waals surface area contributed by atoms with Gasteiger partial charge in [0.1, 0.15) is 9.84 Å². The number of hydrogen-bond donors (Lipinski definition) is 1. The summed E-state index contributed by atoms with van der Waals surface area (Å²) in [6, 6.07) is 0.626. The van der Waals surface area contributed by atoms with E-state index in [4.69, 9.17) is 0 Å². The molecule has 0 radical (unpaired) electrons. The van der Waals surface area contributed by atoms with Crippen molar-refractivity contribution >= 4 is 9.84 Å². The molecule has 1 atom stereocenters. The average Bonchev–Trinajstić information content (AvgIpc) is 2.56. The highest BCUT2D eigenvalue weighted by molar-refractivity contribution is 7.91. The molecule has 2 aliphatic rings. The van der Waals surface area contributed by atoms with E-state index < -0.39 is 9.84 Å². The molecule has 2 fully saturated rings. The number of hydrogen-bond acceptors (Lipinski definition) is 3. The Kier molecular flexibility index (Phi) is 3.83. The molecule has 0 aromatic rings. The third kappa shape index (κ3) is 3.44. The molecule has 0 unspecified atom stereocenters. The lowest BCUT2D eigenvalue weighted by molar-refractivity contribution is 0.267. The first-order chi connectivity index (χ1) is 7.89. The minimum Gasteiger partial charge on any atom is -0.313 e. The largest absolute Gasteiger partial charge is 0.313 e. The molecule has 1 heterocycles. The van der Waals surface area contributed by atoms with Crippen molar-refractivity contribution in [2.75, 3.05) is 18.1 Å². The first-order valence-corrected chi connectivity index (χ1v) is 8.65. The summed E-state index contributed by atoms with van der Waals surface area (Å²) in [7, 11) is -2.70. The van der Waals surface area contributed by atoms with Crippen LogP contribution in [0.4, 0.5) is 0 Å². The minimum atomic E-state index is -2.70. The Morgan fingerprint density at radius 2 is 1.82 bits per heavy atom. The molecule has 1 aliphatic heterocycles. The van der Waals surface area contributed by atoms with E-state index in [-0.39, 0.29) is 0 Å². The van der Waals surface area contributed by atoms with Crippen LogP contribution in [0.5, 0.6) is 0 Å². The van der Waals surface area contributed by atoms with E-state index in [0.717, 1.165) is 19.4 Å². The van der Waals surface area contributed by atoms with E-state index in [1.54, 1.807) is 0 Å².